The summed E-state index contributed by atoms with van der Waals surface area (Å²) >= 11 is 8.33. The van der Waals surface area contributed by atoms with Crippen LogP contribution in [-0.4, -0.2) is 63.6 Å². The summed E-state index contributed by atoms with van der Waals surface area (Å²) in [4.78, 5) is 51.5. The monoisotopic (exact) mass is 685 g/mol. The Morgan fingerprint density at radius 3 is 2.41 bits per heavy atom. The fraction of sp³-hybridized carbons (Fsp3) is 0.290. The van der Waals surface area contributed by atoms with E-state index in [1.54, 1.807) is 68.7 Å². The van der Waals surface area contributed by atoms with Crippen LogP contribution in [0, 0.1) is 6.92 Å². The SMILES string of the molecule is CCOC(=O)c1sc(NC(=O)C(C)Sc2nnc(CNC(=O)COc3ccccc3)n2-c2cccc(Cl)c2)c(C(=O)OCC)c1C. The van der Waals surface area contributed by atoms with Gasteiger partial charge in [0.25, 0.3) is 5.91 Å². The Kier molecular flexibility index (Phi) is 12.2. The highest BCUT2D eigenvalue weighted by molar-refractivity contribution is 8.00. The van der Waals surface area contributed by atoms with Crippen molar-refractivity contribution in [1.29, 1.82) is 0 Å². The molecule has 0 aliphatic rings. The summed E-state index contributed by atoms with van der Waals surface area (Å²) in [5.41, 5.74) is 1.07. The predicted octanol–water partition coefficient (Wildman–Crippen LogP) is 5.46. The lowest BCUT2D eigenvalue weighted by atomic mass is 10.1. The van der Waals surface area contributed by atoms with Crippen LogP contribution in [0.4, 0.5) is 5.00 Å². The zero-order valence-electron chi connectivity index (χ0n) is 25.5. The number of para-hydroxylation sites is 1. The Morgan fingerprint density at radius 2 is 1.72 bits per heavy atom. The van der Waals surface area contributed by atoms with Crippen molar-refractivity contribution in [3.05, 3.63) is 81.4 Å². The van der Waals surface area contributed by atoms with Crippen LogP contribution in [0.3, 0.4) is 0 Å². The molecule has 46 heavy (non-hydrogen) atoms. The molecule has 2 heterocycles. The fourth-order valence-corrected chi connectivity index (χ4v) is 6.29. The van der Waals surface area contributed by atoms with Crippen molar-refractivity contribution >= 4 is 63.5 Å². The number of nitrogens with zero attached hydrogens (tertiary/aromatic N) is 3. The average molecular weight is 686 g/mol. The van der Waals surface area contributed by atoms with Gasteiger partial charge in [0, 0.05) is 5.02 Å². The van der Waals surface area contributed by atoms with Gasteiger partial charge in [0.15, 0.2) is 17.6 Å². The van der Waals surface area contributed by atoms with Gasteiger partial charge < -0.3 is 24.8 Å². The van der Waals surface area contributed by atoms with Gasteiger partial charge in [-0.25, -0.2) is 9.59 Å². The standard InChI is InChI=1S/C31H32ClN5O7S2/c1-5-42-29(40)25-18(3)26(30(41)43-6-2)46-28(25)34-27(39)19(4)45-31-36-35-23(37(31)21-12-10-11-20(32)15-21)16-33-24(38)17-44-22-13-8-7-9-14-22/h7-15,19H,5-6,16-17H2,1-4H3,(H,33,38)(H,34,39). The van der Waals surface area contributed by atoms with E-state index in [-0.39, 0.29) is 47.7 Å². The van der Waals surface area contributed by atoms with Crippen molar-refractivity contribution in [3.8, 4) is 11.4 Å². The topological polar surface area (TPSA) is 151 Å². The highest BCUT2D eigenvalue weighted by Crippen LogP contribution is 2.35. The Balaban J connectivity index is 1.53. The quantitative estimate of drug-likeness (QED) is 0.129. The number of hydrogen-bond donors (Lipinski definition) is 2. The smallest absolute Gasteiger partial charge is 0.348 e. The minimum Gasteiger partial charge on any atom is -0.484 e. The van der Waals surface area contributed by atoms with Crippen LogP contribution in [0.25, 0.3) is 5.69 Å². The molecule has 0 bridgehead atoms. The molecule has 4 rings (SSSR count). The number of rotatable bonds is 14. The molecule has 0 aliphatic carbocycles. The predicted molar refractivity (Wildman–Crippen MR) is 175 cm³/mol. The Labute approximate surface area is 278 Å². The summed E-state index contributed by atoms with van der Waals surface area (Å²) in [6.07, 6.45) is 0. The van der Waals surface area contributed by atoms with E-state index in [0.717, 1.165) is 23.1 Å². The number of anilines is 1. The maximum atomic E-state index is 13.4. The number of thioether (sulfide) groups is 1. The zero-order chi connectivity index (χ0) is 33.2. The van der Waals surface area contributed by atoms with E-state index in [1.807, 2.05) is 18.2 Å². The first kappa shape index (κ1) is 34.5. The lowest BCUT2D eigenvalue weighted by molar-refractivity contribution is -0.123. The van der Waals surface area contributed by atoms with E-state index < -0.39 is 23.1 Å². The Hall–Kier alpha value is -4.40. The summed E-state index contributed by atoms with van der Waals surface area (Å²) in [6.45, 7) is 6.70. The molecule has 1 atom stereocenters. The number of esters is 2. The first-order valence-corrected chi connectivity index (χ1v) is 16.3. The number of amides is 2. The molecular weight excluding hydrogens is 654 g/mol. The second-order valence-corrected chi connectivity index (χ2v) is 12.3. The van der Waals surface area contributed by atoms with Crippen LogP contribution in [0.5, 0.6) is 5.75 Å². The van der Waals surface area contributed by atoms with Gasteiger partial charge >= 0.3 is 11.9 Å². The summed E-state index contributed by atoms with van der Waals surface area (Å²) in [7, 11) is 0. The van der Waals surface area contributed by atoms with E-state index in [0.29, 0.717) is 33.0 Å². The number of carbonyl (C=O) groups is 4. The normalized spacial score (nSPS) is 11.4. The first-order chi connectivity index (χ1) is 22.1. The molecule has 0 aliphatic heterocycles. The molecule has 0 radical (unpaired) electrons. The summed E-state index contributed by atoms with van der Waals surface area (Å²) < 4.78 is 17.5. The Bertz CT molecular complexity index is 1710. The van der Waals surface area contributed by atoms with Gasteiger partial charge in [-0.2, -0.15) is 0 Å². The maximum Gasteiger partial charge on any atom is 0.348 e. The van der Waals surface area contributed by atoms with Gasteiger partial charge in [0.05, 0.1) is 36.3 Å². The lowest BCUT2D eigenvalue weighted by Gasteiger charge is -2.14. The summed E-state index contributed by atoms with van der Waals surface area (Å²) in [5, 5.41) is 14.4. The van der Waals surface area contributed by atoms with Crippen molar-refractivity contribution in [2.75, 3.05) is 25.1 Å². The molecule has 0 fully saturated rings. The molecular formula is C31H32ClN5O7S2. The number of ether oxygens (including phenoxy) is 3. The van der Waals surface area contributed by atoms with Gasteiger partial charge in [-0.05, 0) is 63.6 Å². The fourth-order valence-electron chi connectivity index (χ4n) is 4.13. The second kappa shape index (κ2) is 16.2. The third-order valence-corrected chi connectivity index (χ3v) is 8.76. The molecule has 2 aromatic heterocycles. The molecule has 1 unspecified atom stereocenters. The molecule has 15 heteroatoms. The second-order valence-electron chi connectivity index (χ2n) is 9.54. The summed E-state index contributed by atoms with van der Waals surface area (Å²) in [5.74, 6) is -1.13. The zero-order valence-corrected chi connectivity index (χ0v) is 27.9. The van der Waals surface area contributed by atoms with Crippen LogP contribution in [0.15, 0.2) is 59.8 Å². The van der Waals surface area contributed by atoms with E-state index in [9.17, 15) is 19.2 Å². The molecule has 2 N–H and O–H groups in total. The van der Waals surface area contributed by atoms with Crippen LogP contribution in [0.2, 0.25) is 5.02 Å². The van der Waals surface area contributed by atoms with Gasteiger partial charge in [0.2, 0.25) is 5.91 Å². The van der Waals surface area contributed by atoms with Crippen molar-refractivity contribution < 1.29 is 33.4 Å². The van der Waals surface area contributed by atoms with Crippen LogP contribution in [-0.2, 0) is 25.6 Å². The van der Waals surface area contributed by atoms with E-state index in [4.69, 9.17) is 25.8 Å². The number of hydrogen-bond acceptors (Lipinski definition) is 11. The number of nitrogens with one attached hydrogen (secondary N) is 2. The van der Waals surface area contributed by atoms with Crippen molar-refractivity contribution in [2.24, 2.45) is 0 Å². The minimum atomic E-state index is -0.743. The molecule has 0 saturated carbocycles. The maximum absolute atomic E-state index is 13.4. The van der Waals surface area contributed by atoms with E-state index in [2.05, 4.69) is 20.8 Å². The van der Waals surface area contributed by atoms with Gasteiger partial charge in [0.1, 0.15) is 15.6 Å². The molecule has 0 spiro atoms. The molecule has 242 valence electrons. The lowest BCUT2D eigenvalue weighted by Crippen LogP contribution is -2.29. The van der Waals surface area contributed by atoms with E-state index in [1.165, 1.54) is 0 Å². The van der Waals surface area contributed by atoms with Crippen LogP contribution in [0.1, 0.15) is 52.2 Å². The molecule has 2 amide bonds. The Morgan fingerprint density at radius 1 is 1.00 bits per heavy atom. The van der Waals surface area contributed by atoms with Crippen molar-refractivity contribution in [2.45, 2.75) is 44.6 Å². The third-order valence-electron chi connectivity index (χ3n) is 6.30. The number of thiophene rings is 1. The van der Waals surface area contributed by atoms with E-state index >= 15 is 0 Å². The van der Waals surface area contributed by atoms with Gasteiger partial charge in [-0.15, -0.1) is 21.5 Å². The minimum absolute atomic E-state index is 0.0195. The molecule has 2 aromatic carbocycles. The largest absolute Gasteiger partial charge is 0.484 e. The first-order valence-electron chi connectivity index (χ1n) is 14.2. The molecule has 12 nitrogen and oxygen atoms in total. The van der Waals surface area contributed by atoms with Crippen LogP contribution >= 0.6 is 34.7 Å². The molecule has 0 saturated heterocycles. The number of aromatic nitrogens is 3. The number of halogens is 1. The van der Waals surface area contributed by atoms with Crippen molar-refractivity contribution in [1.82, 2.24) is 20.1 Å². The third kappa shape index (κ3) is 8.65. The van der Waals surface area contributed by atoms with Crippen LogP contribution < -0.4 is 15.4 Å². The highest BCUT2D eigenvalue weighted by atomic mass is 35.5. The average Bonchev–Trinajstić information content (AvgIpc) is 3.59. The number of carbonyl (C=O) groups excluding carboxylic acids is 4. The highest BCUT2D eigenvalue weighted by Gasteiger charge is 2.29. The number of benzene rings is 2. The van der Waals surface area contributed by atoms with Gasteiger partial charge in [-0.1, -0.05) is 47.6 Å². The molecule has 4 aromatic rings. The summed E-state index contributed by atoms with van der Waals surface area (Å²) in [6, 6.07) is 15.9. The van der Waals surface area contributed by atoms with Crippen molar-refractivity contribution in [3.63, 3.8) is 0 Å². The van der Waals surface area contributed by atoms with Gasteiger partial charge in [-0.3, -0.25) is 14.2 Å².